The zero-order valence-electron chi connectivity index (χ0n) is 10.2. The number of nitrogens with one attached hydrogen (secondary N) is 1. The van der Waals surface area contributed by atoms with E-state index in [2.05, 4.69) is 9.82 Å². The highest BCUT2D eigenvalue weighted by Crippen LogP contribution is 2.27. The van der Waals surface area contributed by atoms with E-state index in [1.54, 1.807) is 0 Å². The maximum absolute atomic E-state index is 12.1. The van der Waals surface area contributed by atoms with E-state index < -0.39 is 22.7 Å². The number of alkyl halides is 3. The fourth-order valence-electron chi connectivity index (χ4n) is 2.04. The van der Waals surface area contributed by atoms with Crippen molar-refractivity contribution in [2.75, 3.05) is 0 Å². The summed E-state index contributed by atoms with van der Waals surface area (Å²) >= 11 is 0. The Labute approximate surface area is 108 Å². The van der Waals surface area contributed by atoms with Gasteiger partial charge < -0.3 is 0 Å². The standard InChI is InChI=1S/C10H14F3N3O2S/c1-7-2-8(3-7)15-19(17,18)9-4-14-16(5-9)6-10(11,12)13/h4-5,7-8,15H,2-3,6H2,1H3. The second kappa shape index (κ2) is 4.78. The number of rotatable bonds is 4. The summed E-state index contributed by atoms with van der Waals surface area (Å²) in [6.07, 6.45) is -1.12. The van der Waals surface area contributed by atoms with Crippen LogP contribution in [0.4, 0.5) is 13.2 Å². The van der Waals surface area contributed by atoms with E-state index >= 15 is 0 Å². The second-order valence-corrected chi connectivity index (χ2v) is 6.60. The Morgan fingerprint density at radius 3 is 2.63 bits per heavy atom. The summed E-state index contributed by atoms with van der Waals surface area (Å²) in [5, 5.41) is 3.41. The lowest BCUT2D eigenvalue weighted by Gasteiger charge is -2.32. The molecule has 0 aromatic carbocycles. The molecule has 1 aliphatic rings. The van der Waals surface area contributed by atoms with Crippen molar-refractivity contribution >= 4 is 10.0 Å². The molecule has 0 saturated heterocycles. The van der Waals surface area contributed by atoms with Crippen LogP contribution in [0.15, 0.2) is 17.3 Å². The number of aromatic nitrogens is 2. The molecule has 1 heterocycles. The lowest BCUT2D eigenvalue weighted by atomic mass is 9.83. The van der Waals surface area contributed by atoms with Gasteiger partial charge in [0.1, 0.15) is 11.4 Å². The van der Waals surface area contributed by atoms with Crippen molar-refractivity contribution in [3.8, 4) is 0 Å². The molecule has 1 aromatic rings. The van der Waals surface area contributed by atoms with Gasteiger partial charge in [-0.3, -0.25) is 4.68 Å². The third kappa shape index (κ3) is 3.69. The molecule has 0 unspecified atom stereocenters. The Morgan fingerprint density at radius 2 is 2.11 bits per heavy atom. The first-order valence-corrected chi connectivity index (χ1v) is 7.25. The van der Waals surface area contributed by atoms with Crippen LogP contribution in [0, 0.1) is 5.92 Å². The van der Waals surface area contributed by atoms with Crippen LogP contribution in [0.5, 0.6) is 0 Å². The molecular formula is C10H14F3N3O2S. The molecule has 9 heteroatoms. The van der Waals surface area contributed by atoms with Gasteiger partial charge in [0.15, 0.2) is 0 Å². The molecular weight excluding hydrogens is 283 g/mol. The van der Waals surface area contributed by atoms with Gasteiger partial charge in [-0.25, -0.2) is 13.1 Å². The van der Waals surface area contributed by atoms with Crippen molar-refractivity contribution in [1.82, 2.24) is 14.5 Å². The maximum Gasteiger partial charge on any atom is 0.408 e. The van der Waals surface area contributed by atoms with E-state index in [9.17, 15) is 21.6 Å². The van der Waals surface area contributed by atoms with Crippen molar-refractivity contribution < 1.29 is 21.6 Å². The fraction of sp³-hybridized carbons (Fsp3) is 0.700. The van der Waals surface area contributed by atoms with Gasteiger partial charge in [-0.1, -0.05) is 6.92 Å². The Kier molecular flexibility index (Phi) is 3.61. The van der Waals surface area contributed by atoms with E-state index in [0.717, 1.165) is 25.2 Å². The molecule has 1 N–H and O–H groups in total. The minimum atomic E-state index is -4.43. The topological polar surface area (TPSA) is 64.0 Å². The summed E-state index contributed by atoms with van der Waals surface area (Å²) in [5.41, 5.74) is 0. The smallest absolute Gasteiger partial charge is 0.262 e. The van der Waals surface area contributed by atoms with Crippen molar-refractivity contribution in [2.24, 2.45) is 5.92 Å². The van der Waals surface area contributed by atoms with E-state index in [1.165, 1.54) is 0 Å². The molecule has 0 aliphatic heterocycles. The molecule has 0 bridgehead atoms. The van der Waals surface area contributed by atoms with Crippen molar-refractivity contribution in [3.63, 3.8) is 0 Å². The van der Waals surface area contributed by atoms with Crippen LogP contribution in [0.1, 0.15) is 19.8 Å². The third-order valence-electron chi connectivity index (χ3n) is 2.96. The molecule has 1 saturated carbocycles. The molecule has 1 fully saturated rings. The Hall–Kier alpha value is -1.09. The van der Waals surface area contributed by atoms with Crippen LogP contribution >= 0.6 is 0 Å². The van der Waals surface area contributed by atoms with Gasteiger partial charge in [0, 0.05) is 12.2 Å². The first kappa shape index (κ1) is 14.3. The van der Waals surface area contributed by atoms with Crippen LogP contribution in [0.25, 0.3) is 0 Å². The van der Waals surface area contributed by atoms with Crippen LogP contribution < -0.4 is 4.72 Å². The summed E-state index contributed by atoms with van der Waals surface area (Å²) in [5.74, 6) is 0.473. The summed E-state index contributed by atoms with van der Waals surface area (Å²) < 4.78 is 63.2. The van der Waals surface area contributed by atoms with Crippen LogP contribution in [-0.4, -0.2) is 30.4 Å². The molecule has 2 rings (SSSR count). The highest BCUT2D eigenvalue weighted by Gasteiger charge is 2.32. The largest absolute Gasteiger partial charge is 0.408 e. The summed E-state index contributed by atoms with van der Waals surface area (Å²) in [4.78, 5) is -0.240. The summed E-state index contributed by atoms with van der Waals surface area (Å²) in [6.45, 7) is 0.704. The molecule has 1 aromatic heterocycles. The number of sulfonamides is 1. The van der Waals surface area contributed by atoms with E-state index in [1.807, 2.05) is 6.92 Å². The monoisotopic (exact) mass is 297 g/mol. The predicted molar refractivity (Wildman–Crippen MR) is 60.8 cm³/mol. The quantitative estimate of drug-likeness (QED) is 0.916. The van der Waals surface area contributed by atoms with Crippen LogP contribution in [0.2, 0.25) is 0 Å². The molecule has 5 nitrogen and oxygen atoms in total. The first-order chi connectivity index (χ1) is 8.66. The Balaban J connectivity index is 2.04. The zero-order valence-corrected chi connectivity index (χ0v) is 11.0. The predicted octanol–water partition coefficient (Wildman–Crippen LogP) is 1.52. The molecule has 0 amide bonds. The average molecular weight is 297 g/mol. The van der Waals surface area contributed by atoms with Gasteiger partial charge in [0.25, 0.3) is 0 Å². The van der Waals surface area contributed by atoms with Crippen molar-refractivity contribution in [1.29, 1.82) is 0 Å². The molecule has 0 spiro atoms. The fourth-order valence-corrected chi connectivity index (χ4v) is 3.25. The van der Waals surface area contributed by atoms with Gasteiger partial charge in [-0.2, -0.15) is 18.3 Å². The number of halogens is 3. The third-order valence-corrected chi connectivity index (χ3v) is 4.43. The van der Waals surface area contributed by atoms with E-state index in [0.29, 0.717) is 10.6 Å². The number of hydrogen-bond acceptors (Lipinski definition) is 3. The van der Waals surface area contributed by atoms with Crippen molar-refractivity contribution in [2.45, 2.75) is 43.4 Å². The van der Waals surface area contributed by atoms with Crippen LogP contribution in [-0.2, 0) is 16.6 Å². The molecule has 19 heavy (non-hydrogen) atoms. The van der Waals surface area contributed by atoms with Gasteiger partial charge >= 0.3 is 6.18 Å². The highest BCUT2D eigenvalue weighted by atomic mass is 32.2. The number of hydrogen-bond donors (Lipinski definition) is 1. The lowest BCUT2D eigenvalue weighted by Crippen LogP contribution is -2.43. The minimum absolute atomic E-state index is 0.133. The molecule has 1 aliphatic carbocycles. The lowest BCUT2D eigenvalue weighted by molar-refractivity contribution is -0.142. The Morgan fingerprint density at radius 1 is 1.47 bits per heavy atom. The highest BCUT2D eigenvalue weighted by molar-refractivity contribution is 7.89. The van der Waals surface area contributed by atoms with Gasteiger partial charge in [0.05, 0.1) is 6.20 Å². The number of nitrogens with zero attached hydrogens (tertiary/aromatic N) is 2. The maximum atomic E-state index is 12.1. The van der Waals surface area contributed by atoms with Gasteiger partial charge in [0.2, 0.25) is 10.0 Å². The van der Waals surface area contributed by atoms with Crippen molar-refractivity contribution in [3.05, 3.63) is 12.4 Å². The average Bonchev–Trinajstić information content (AvgIpc) is 2.61. The normalized spacial score (nSPS) is 24.2. The van der Waals surface area contributed by atoms with Gasteiger partial charge in [-0.05, 0) is 18.8 Å². The first-order valence-electron chi connectivity index (χ1n) is 5.77. The molecule has 0 radical (unpaired) electrons. The Bertz CT molecular complexity index is 547. The molecule has 0 atom stereocenters. The summed E-state index contributed by atoms with van der Waals surface area (Å²) in [7, 11) is -3.78. The van der Waals surface area contributed by atoms with E-state index in [4.69, 9.17) is 0 Å². The minimum Gasteiger partial charge on any atom is -0.262 e. The summed E-state index contributed by atoms with van der Waals surface area (Å²) in [6, 6.07) is -0.133. The SMILES string of the molecule is CC1CC(NS(=O)(=O)c2cnn(CC(F)(F)F)c2)C1. The molecule has 108 valence electrons. The van der Waals surface area contributed by atoms with Crippen LogP contribution in [0.3, 0.4) is 0 Å². The zero-order chi connectivity index (χ0) is 14.3. The second-order valence-electron chi connectivity index (χ2n) is 4.88. The van der Waals surface area contributed by atoms with Gasteiger partial charge in [-0.15, -0.1) is 0 Å². The van der Waals surface area contributed by atoms with E-state index in [-0.39, 0.29) is 10.9 Å².